The van der Waals surface area contributed by atoms with E-state index in [0.29, 0.717) is 12.8 Å². The molecule has 0 radical (unpaired) electrons. The molecule has 21 heavy (non-hydrogen) atoms. The number of amides is 1. The standard InChI is InChI=1S/C17H18N2O2/c18-10-13-12-5-1-2-6-14(12)19-15(20)8-7-11-4-3-9-17(11,21)16(13)19/h1-2,5-6,11,13,16,21H,3-4,7-9H2/t11-,13+,16-,17+/m1/s1. The first-order chi connectivity index (χ1) is 10.2. The maximum Gasteiger partial charge on any atom is 0.227 e. The van der Waals surface area contributed by atoms with Gasteiger partial charge in [0.05, 0.1) is 23.6 Å². The first-order valence-corrected chi connectivity index (χ1v) is 7.70. The van der Waals surface area contributed by atoms with E-state index in [1.165, 1.54) is 0 Å². The highest BCUT2D eigenvalue weighted by Crippen LogP contribution is 2.53. The molecule has 2 aliphatic heterocycles. The minimum Gasteiger partial charge on any atom is -0.387 e. The van der Waals surface area contributed by atoms with E-state index >= 15 is 0 Å². The molecule has 0 unspecified atom stereocenters. The Labute approximate surface area is 124 Å². The van der Waals surface area contributed by atoms with Crippen molar-refractivity contribution in [1.29, 1.82) is 5.26 Å². The predicted octanol–water partition coefficient (Wildman–Crippen LogP) is 2.33. The van der Waals surface area contributed by atoms with Crippen LogP contribution in [0.25, 0.3) is 0 Å². The number of aliphatic hydroxyl groups is 1. The molecular weight excluding hydrogens is 264 g/mol. The van der Waals surface area contributed by atoms with Gasteiger partial charge >= 0.3 is 0 Å². The number of hydrogen-bond donors (Lipinski definition) is 1. The Kier molecular flexibility index (Phi) is 2.64. The zero-order valence-electron chi connectivity index (χ0n) is 11.8. The van der Waals surface area contributed by atoms with Crippen molar-refractivity contribution in [2.24, 2.45) is 5.92 Å². The number of carbonyl (C=O) groups is 1. The van der Waals surface area contributed by atoms with Gasteiger partial charge in [-0.25, -0.2) is 0 Å². The lowest BCUT2D eigenvalue weighted by atomic mass is 9.77. The normalized spacial score (nSPS) is 37.4. The van der Waals surface area contributed by atoms with E-state index in [9.17, 15) is 15.2 Å². The maximum absolute atomic E-state index is 12.6. The van der Waals surface area contributed by atoms with Gasteiger partial charge in [-0.1, -0.05) is 24.6 Å². The minimum absolute atomic E-state index is 0.0491. The molecule has 0 bridgehead atoms. The van der Waals surface area contributed by atoms with Crippen LogP contribution in [0.2, 0.25) is 0 Å². The molecule has 1 aromatic rings. The molecule has 1 saturated heterocycles. The molecule has 3 aliphatic rings. The molecule has 1 aromatic carbocycles. The third kappa shape index (κ3) is 1.55. The number of para-hydroxylation sites is 1. The van der Waals surface area contributed by atoms with E-state index in [1.807, 2.05) is 24.3 Å². The van der Waals surface area contributed by atoms with E-state index in [1.54, 1.807) is 4.90 Å². The minimum atomic E-state index is -0.911. The number of carbonyl (C=O) groups excluding carboxylic acids is 1. The SMILES string of the molecule is N#C[C@H]1c2ccccc2N2C(=O)CC[C@H]3CCC[C@@]3(O)[C@@H]12. The fraction of sp³-hybridized carbons (Fsp3) is 0.529. The highest BCUT2D eigenvalue weighted by atomic mass is 16.3. The Morgan fingerprint density at radius 1 is 1.33 bits per heavy atom. The van der Waals surface area contributed by atoms with E-state index in [0.717, 1.165) is 30.5 Å². The van der Waals surface area contributed by atoms with Crippen LogP contribution in [0.3, 0.4) is 0 Å². The summed E-state index contributed by atoms with van der Waals surface area (Å²) in [5.41, 5.74) is 0.797. The van der Waals surface area contributed by atoms with Crippen LogP contribution in [0, 0.1) is 17.2 Å². The van der Waals surface area contributed by atoms with Gasteiger partial charge in [0.25, 0.3) is 0 Å². The van der Waals surface area contributed by atoms with Crippen LogP contribution in [-0.2, 0) is 4.79 Å². The molecule has 0 spiro atoms. The lowest BCUT2D eigenvalue weighted by Crippen LogP contribution is -2.54. The predicted molar refractivity (Wildman–Crippen MR) is 77.6 cm³/mol. The number of anilines is 1. The summed E-state index contributed by atoms with van der Waals surface area (Å²) in [4.78, 5) is 14.3. The topological polar surface area (TPSA) is 64.3 Å². The molecule has 4 nitrogen and oxygen atoms in total. The summed E-state index contributed by atoms with van der Waals surface area (Å²) in [5, 5.41) is 21.0. The summed E-state index contributed by atoms with van der Waals surface area (Å²) >= 11 is 0. The van der Waals surface area contributed by atoms with Crippen molar-refractivity contribution >= 4 is 11.6 Å². The summed E-state index contributed by atoms with van der Waals surface area (Å²) in [5.74, 6) is -0.233. The average molecular weight is 282 g/mol. The number of fused-ring (bicyclic) bond motifs is 5. The summed E-state index contributed by atoms with van der Waals surface area (Å²) in [7, 11) is 0. The molecule has 1 N–H and O–H groups in total. The second-order valence-corrected chi connectivity index (χ2v) is 6.49. The van der Waals surface area contributed by atoms with Crippen LogP contribution in [0.4, 0.5) is 5.69 Å². The van der Waals surface area contributed by atoms with Gasteiger partial charge in [0.1, 0.15) is 0 Å². The van der Waals surface area contributed by atoms with Gasteiger partial charge in [0.15, 0.2) is 0 Å². The van der Waals surface area contributed by atoms with E-state index in [2.05, 4.69) is 6.07 Å². The first-order valence-electron chi connectivity index (χ1n) is 7.70. The number of nitrogens with zero attached hydrogens (tertiary/aromatic N) is 2. The number of nitriles is 1. The van der Waals surface area contributed by atoms with Crippen molar-refractivity contribution in [3.8, 4) is 6.07 Å². The summed E-state index contributed by atoms with van der Waals surface area (Å²) in [6.07, 6.45) is 3.84. The Bertz CT molecular complexity index is 650. The van der Waals surface area contributed by atoms with Crippen molar-refractivity contribution in [3.05, 3.63) is 29.8 Å². The molecule has 4 heteroatoms. The second-order valence-electron chi connectivity index (χ2n) is 6.49. The number of benzene rings is 1. The van der Waals surface area contributed by atoms with Gasteiger partial charge in [-0.15, -0.1) is 0 Å². The zero-order chi connectivity index (χ0) is 14.6. The van der Waals surface area contributed by atoms with Gasteiger partial charge in [-0.2, -0.15) is 5.26 Å². The Hall–Kier alpha value is -1.86. The molecule has 4 atom stereocenters. The fourth-order valence-electron chi connectivity index (χ4n) is 4.67. The van der Waals surface area contributed by atoms with E-state index in [-0.39, 0.29) is 11.8 Å². The molecule has 1 saturated carbocycles. The zero-order valence-corrected chi connectivity index (χ0v) is 11.8. The molecule has 4 rings (SSSR count). The largest absolute Gasteiger partial charge is 0.387 e. The van der Waals surface area contributed by atoms with Gasteiger partial charge in [0.2, 0.25) is 5.91 Å². The lowest BCUT2D eigenvalue weighted by molar-refractivity contribution is -0.119. The molecule has 108 valence electrons. The molecule has 1 amide bonds. The Morgan fingerprint density at radius 2 is 2.14 bits per heavy atom. The molecule has 2 heterocycles. The van der Waals surface area contributed by atoms with Crippen LogP contribution in [0.1, 0.15) is 43.6 Å². The van der Waals surface area contributed by atoms with E-state index in [4.69, 9.17) is 0 Å². The van der Waals surface area contributed by atoms with Crippen molar-refractivity contribution in [1.82, 2.24) is 0 Å². The molecule has 2 fully saturated rings. The Balaban J connectivity index is 1.92. The van der Waals surface area contributed by atoms with Gasteiger partial charge < -0.3 is 10.0 Å². The number of hydrogen-bond acceptors (Lipinski definition) is 3. The van der Waals surface area contributed by atoms with Crippen LogP contribution < -0.4 is 4.90 Å². The fourth-order valence-corrected chi connectivity index (χ4v) is 4.67. The lowest BCUT2D eigenvalue weighted by Gasteiger charge is -2.39. The van der Waals surface area contributed by atoms with Crippen LogP contribution >= 0.6 is 0 Å². The first kappa shape index (κ1) is 12.8. The molecule has 0 aromatic heterocycles. The van der Waals surface area contributed by atoms with Crippen LogP contribution in [-0.4, -0.2) is 22.7 Å². The smallest absolute Gasteiger partial charge is 0.227 e. The van der Waals surface area contributed by atoms with Gasteiger partial charge in [-0.05, 0) is 36.8 Å². The quantitative estimate of drug-likeness (QED) is 0.794. The van der Waals surface area contributed by atoms with Crippen LogP contribution in [0.5, 0.6) is 0 Å². The van der Waals surface area contributed by atoms with Crippen molar-refractivity contribution < 1.29 is 9.90 Å². The third-order valence-electron chi connectivity index (χ3n) is 5.59. The van der Waals surface area contributed by atoms with Gasteiger partial charge in [-0.3, -0.25) is 4.79 Å². The van der Waals surface area contributed by atoms with Gasteiger partial charge in [0, 0.05) is 12.1 Å². The highest BCUT2D eigenvalue weighted by molar-refractivity contribution is 5.97. The van der Waals surface area contributed by atoms with Crippen molar-refractivity contribution in [2.75, 3.05) is 4.90 Å². The summed E-state index contributed by atoms with van der Waals surface area (Å²) in [6.45, 7) is 0. The van der Waals surface area contributed by atoms with Crippen LogP contribution in [0.15, 0.2) is 24.3 Å². The summed E-state index contributed by atoms with van der Waals surface area (Å²) in [6, 6.07) is 9.54. The molecular formula is C17H18N2O2. The summed E-state index contributed by atoms with van der Waals surface area (Å²) < 4.78 is 0. The van der Waals surface area contributed by atoms with Crippen molar-refractivity contribution in [3.63, 3.8) is 0 Å². The highest BCUT2D eigenvalue weighted by Gasteiger charge is 2.58. The molecule has 1 aliphatic carbocycles. The average Bonchev–Trinajstić information content (AvgIpc) is 3.00. The van der Waals surface area contributed by atoms with E-state index < -0.39 is 17.6 Å². The number of rotatable bonds is 0. The Morgan fingerprint density at radius 3 is 2.95 bits per heavy atom. The monoisotopic (exact) mass is 282 g/mol. The second kappa shape index (κ2) is 4.32. The maximum atomic E-state index is 12.6. The van der Waals surface area contributed by atoms with Crippen molar-refractivity contribution in [2.45, 2.75) is 49.7 Å². The third-order valence-corrected chi connectivity index (χ3v) is 5.59.